The highest BCUT2D eigenvalue weighted by atomic mass is 16.1. The molecule has 0 aromatic heterocycles. The lowest BCUT2D eigenvalue weighted by atomic mass is 9.97. The SMILES string of the molecule is CCC(CC)CN(CC)C(CC)C(=O)c1ccccc1. The van der Waals surface area contributed by atoms with E-state index >= 15 is 0 Å². The predicted octanol–water partition coefficient (Wildman–Crippen LogP) is 4.41. The van der Waals surface area contributed by atoms with E-state index in [2.05, 4.69) is 32.6 Å². The summed E-state index contributed by atoms with van der Waals surface area (Å²) < 4.78 is 0. The molecule has 1 aromatic carbocycles. The topological polar surface area (TPSA) is 20.3 Å². The average molecular weight is 275 g/mol. The van der Waals surface area contributed by atoms with E-state index in [4.69, 9.17) is 0 Å². The standard InChI is InChI=1S/C18H29NO/c1-5-15(6-2)14-19(8-4)17(7-3)18(20)16-12-10-9-11-13-16/h9-13,15,17H,5-8,14H2,1-4H3. The summed E-state index contributed by atoms with van der Waals surface area (Å²) in [4.78, 5) is 15.0. The van der Waals surface area contributed by atoms with Gasteiger partial charge in [0.1, 0.15) is 0 Å². The largest absolute Gasteiger partial charge is 0.293 e. The first-order valence-electron chi connectivity index (χ1n) is 8.01. The zero-order chi connectivity index (χ0) is 15.0. The first-order valence-corrected chi connectivity index (χ1v) is 8.01. The lowest BCUT2D eigenvalue weighted by Gasteiger charge is -2.32. The summed E-state index contributed by atoms with van der Waals surface area (Å²) in [5.74, 6) is 0.952. The molecule has 0 spiro atoms. The molecule has 2 nitrogen and oxygen atoms in total. The van der Waals surface area contributed by atoms with E-state index in [0.29, 0.717) is 5.92 Å². The van der Waals surface area contributed by atoms with Crippen molar-refractivity contribution in [3.63, 3.8) is 0 Å². The minimum absolute atomic E-state index is 0.0167. The molecule has 0 heterocycles. The minimum atomic E-state index is 0.0167. The van der Waals surface area contributed by atoms with Crippen LogP contribution in [0.5, 0.6) is 0 Å². The number of carbonyl (C=O) groups excluding carboxylic acids is 1. The van der Waals surface area contributed by atoms with Crippen LogP contribution in [0.2, 0.25) is 0 Å². The molecule has 1 atom stereocenters. The van der Waals surface area contributed by atoms with Crippen LogP contribution in [0.25, 0.3) is 0 Å². The Balaban J connectivity index is 2.83. The third kappa shape index (κ3) is 4.45. The van der Waals surface area contributed by atoms with Crippen molar-refractivity contribution < 1.29 is 4.79 Å². The van der Waals surface area contributed by atoms with Crippen molar-refractivity contribution in [3.8, 4) is 0 Å². The van der Waals surface area contributed by atoms with Crippen LogP contribution in [0.15, 0.2) is 30.3 Å². The molecule has 0 aliphatic rings. The monoisotopic (exact) mass is 275 g/mol. The molecule has 0 N–H and O–H groups in total. The van der Waals surface area contributed by atoms with Crippen molar-refractivity contribution >= 4 is 5.78 Å². The van der Waals surface area contributed by atoms with Crippen molar-refractivity contribution in [1.82, 2.24) is 4.90 Å². The third-order valence-corrected chi connectivity index (χ3v) is 4.24. The van der Waals surface area contributed by atoms with Crippen LogP contribution in [0.3, 0.4) is 0 Å². The molecule has 0 aliphatic carbocycles. The maximum atomic E-state index is 12.7. The van der Waals surface area contributed by atoms with Gasteiger partial charge in [-0.1, -0.05) is 70.9 Å². The summed E-state index contributed by atoms with van der Waals surface area (Å²) >= 11 is 0. The van der Waals surface area contributed by atoms with E-state index in [9.17, 15) is 4.79 Å². The van der Waals surface area contributed by atoms with Gasteiger partial charge in [-0.25, -0.2) is 0 Å². The summed E-state index contributed by atoms with van der Waals surface area (Å²) in [6, 6.07) is 9.71. The predicted molar refractivity (Wildman–Crippen MR) is 86.2 cm³/mol. The Kier molecular flexibility index (Phi) is 7.53. The number of hydrogen-bond donors (Lipinski definition) is 0. The van der Waals surface area contributed by atoms with Crippen LogP contribution in [0, 0.1) is 5.92 Å². The molecule has 0 saturated carbocycles. The van der Waals surface area contributed by atoms with Crippen LogP contribution in [-0.4, -0.2) is 29.8 Å². The van der Waals surface area contributed by atoms with Crippen molar-refractivity contribution in [2.24, 2.45) is 5.92 Å². The van der Waals surface area contributed by atoms with E-state index in [0.717, 1.165) is 25.1 Å². The number of hydrogen-bond acceptors (Lipinski definition) is 2. The number of Topliss-reactive ketones (excluding diaryl/α,β-unsaturated/α-hetero) is 1. The van der Waals surface area contributed by atoms with Gasteiger partial charge in [-0.3, -0.25) is 9.69 Å². The summed E-state index contributed by atoms with van der Waals surface area (Å²) in [5, 5.41) is 0. The van der Waals surface area contributed by atoms with Gasteiger partial charge >= 0.3 is 0 Å². The molecule has 20 heavy (non-hydrogen) atoms. The summed E-state index contributed by atoms with van der Waals surface area (Å²) in [6.07, 6.45) is 3.24. The second-order valence-corrected chi connectivity index (χ2v) is 5.42. The maximum absolute atomic E-state index is 12.7. The number of likely N-dealkylation sites (N-methyl/N-ethyl adjacent to an activating group) is 1. The lowest BCUT2D eigenvalue weighted by Crippen LogP contribution is -2.43. The average Bonchev–Trinajstić information content (AvgIpc) is 2.51. The zero-order valence-electron chi connectivity index (χ0n) is 13.4. The fourth-order valence-electron chi connectivity index (χ4n) is 2.76. The number of benzene rings is 1. The molecule has 0 amide bonds. The van der Waals surface area contributed by atoms with Crippen molar-refractivity contribution in [2.45, 2.75) is 53.0 Å². The van der Waals surface area contributed by atoms with Gasteiger partial charge in [0.2, 0.25) is 0 Å². The summed E-state index contributed by atoms with van der Waals surface area (Å²) in [7, 11) is 0. The van der Waals surface area contributed by atoms with Gasteiger partial charge in [0.05, 0.1) is 6.04 Å². The summed E-state index contributed by atoms with van der Waals surface area (Å²) in [5.41, 5.74) is 0.836. The molecule has 0 bridgehead atoms. The van der Waals surface area contributed by atoms with Gasteiger partial charge in [0.15, 0.2) is 5.78 Å². The number of ketones is 1. The molecule has 2 heteroatoms. The third-order valence-electron chi connectivity index (χ3n) is 4.24. The Bertz CT molecular complexity index is 384. The Hall–Kier alpha value is -1.15. The number of nitrogens with zero attached hydrogens (tertiary/aromatic N) is 1. The van der Waals surface area contributed by atoms with Crippen molar-refractivity contribution in [1.29, 1.82) is 0 Å². The molecule has 0 fully saturated rings. The smallest absolute Gasteiger partial charge is 0.179 e. The molecular weight excluding hydrogens is 246 g/mol. The normalized spacial score (nSPS) is 12.9. The quantitative estimate of drug-likeness (QED) is 0.622. The fraction of sp³-hybridized carbons (Fsp3) is 0.611. The minimum Gasteiger partial charge on any atom is -0.293 e. The second kappa shape index (κ2) is 8.91. The first-order chi connectivity index (χ1) is 9.67. The van der Waals surface area contributed by atoms with E-state index in [1.807, 2.05) is 30.3 Å². The molecule has 1 unspecified atom stereocenters. The molecule has 0 radical (unpaired) electrons. The number of carbonyl (C=O) groups is 1. The van der Waals surface area contributed by atoms with Crippen LogP contribution < -0.4 is 0 Å². The van der Waals surface area contributed by atoms with Gasteiger partial charge < -0.3 is 0 Å². The second-order valence-electron chi connectivity index (χ2n) is 5.42. The molecule has 0 aliphatic heterocycles. The van der Waals surface area contributed by atoms with Crippen LogP contribution in [0.4, 0.5) is 0 Å². The Morgan fingerprint density at radius 1 is 1.00 bits per heavy atom. The lowest BCUT2D eigenvalue weighted by molar-refractivity contribution is 0.0788. The van der Waals surface area contributed by atoms with Gasteiger partial charge in [-0.15, -0.1) is 0 Å². The Morgan fingerprint density at radius 3 is 2.05 bits per heavy atom. The highest BCUT2D eigenvalue weighted by Gasteiger charge is 2.25. The van der Waals surface area contributed by atoms with Crippen LogP contribution in [0.1, 0.15) is 57.3 Å². The highest BCUT2D eigenvalue weighted by Crippen LogP contribution is 2.17. The molecule has 1 rings (SSSR count). The van der Waals surface area contributed by atoms with Gasteiger partial charge in [-0.05, 0) is 18.9 Å². The molecule has 112 valence electrons. The van der Waals surface area contributed by atoms with E-state index in [1.165, 1.54) is 12.8 Å². The van der Waals surface area contributed by atoms with Gasteiger partial charge in [0, 0.05) is 12.1 Å². The molecule has 1 aromatic rings. The highest BCUT2D eigenvalue weighted by molar-refractivity contribution is 6.00. The van der Waals surface area contributed by atoms with Gasteiger partial charge in [-0.2, -0.15) is 0 Å². The Morgan fingerprint density at radius 2 is 1.60 bits per heavy atom. The van der Waals surface area contributed by atoms with E-state index in [-0.39, 0.29) is 11.8 Å². The van der Waals surface area contributed by atoms with Gasteiger partial charge in [0.25, 0.3) is 0 Å². The zero-order valence-corrected chi connectivity index (χ0v) is 13.4. The van der Waals surface area contributed by atoms with E-state index in [1.54, 1.807) is 0 Å². The number of rotatable bonds is 9. The maximum Gasteiger partial charge on any atom is 0.179 e. The first kappa shape index (κ1) is 16.9. The van der Waals surface area contributed by atoms with Crippen molar-refractivity contribution in [2.75, 3.05) is 13.1 Å². The van der Waals surface area contributed by atoms with Crippen molar-refractivity contribution in [3.05, 3.63) is 35.9 Å². The molecule has 0 saturated heterocycles. The van der Waals surface area contributed by atoms with Crippen LogP contribution >= 0.6 is 0 Å². The molecular formula is C18H29NO. The van der Waals surface area contributed by atoms with Crippen LogP contribution in [-0.2, 0) is 0 Å². The fourth-order valence-corrected chi connectivity index (χ4v) is 2.76. The Labute approximate surface area is 124 Å². The summed E-state index contributed by atoms with van der Waals surface area (Å²) in [6.45, 7) is 10.7. The van der Waals surface area contributed by atoms with E-state index < -0.39 is 0 Å².